The van der Waals surface area contributed by atoms with Gasteiger partial charge in [-0.25, -0.2) is 14.5 Å². The van der Waals surface area contributed by atoms with Crippen LogP contribution in [-0.4, -0.2) is 39.6 Å². The number of aromatic amines is 1. The lowest BCUT2D eigenvalue weighted by molar-refractivity contribution is 0.193. The molecule has 2 atom stereocenters. The Balaban J connectivity index is 2.00. The zero-order valence-corrected chi connectivity index (χ0v) is 11.0. The summed E-state index contributed by atoms with van der Waals surface area (Å²) < 4.78 is 6.61. The third-order valence-electron chi connectivity index (χ3n) is 3.45. The summed E-state index contributed by atoms with van der Waals surface area (Å²) in [7, 11) is 1.59. The van der Waals surface area contributed by atoms with Gasteiger partial charge < -0.3 is 15.2 Å². The van der Waals surface area contributed by atoms with Crippen LogP contribution in [0.15, 0.2) is 29.1 Å². The SMILES string of the molecule is COc1ccc(-n2c([C@@H]3C[C@@H](O)CN3)n[nH]c2=O)cc1. The van der Waals surface area contributed by atoms with E-state index >= 15 is 0 Å². The van der Waals surface area contributed by atoms with E-state index in [0.717, 1.165) is 5.75 Å². The highest BCUT2D eigenvalue weighted by atomic mass is 16.5. The second kappa shape index (κ2) is 5.10. The maximum atomic E-state index is 12.0. The van der Waals surface area contributed by atoms with Crippen molar-refractivity contribution in [2.45, 2.75) is 18.6 Å². The van der Waals surface area contributed by atoms with E-state index in [2.05, 4.69) is 15.5 Å². The number of hydrogen-bond acceptors (Lipinski definition) is 5. The summed E-state index contributed by atoms with van der Waals surface area (Å²) in [5, 5.41) is 19.3. The molecule has 0 amide bonds. The molecule has 106 valence electrons. The molecule has 2 aromatic rings. The molecular formula is C13H16N4O3. The molecule has 0 aliphatic carbocycles. The Labute approximate surface area is 115 Å². The lowest BCUT2D eigenvalue weighted by Crippen LogP contribution is -2.22. The molecule has 1 aromatic heterocycles. The summed E-state index contributed by atoms with van der Waals surface area (Å²) in [5.41, 5.74) is 0.413. The van der Waals surface area contributed by atoms with Crippen LogP contribution in [0.1, 0.15) is 18.3 Å². The van der Waals surface area contributed by atoms with Crippen molar-refractivity contribution in [1.29, 1.82) is 0 Å². The van der Waals surface area contributed by atoms with E-state index in [4.69, 9.17) is 4.74 Å². The van der Waals surface area contributed by atoms with Crippen molar-refractivity contribution >= 4 is 0 Å². The second-order valence-electron chi connectivity index (χ2n) is 4.77. The van der Waals surface area contributed by atoms with Crippen LogP contribution < -0.4 is 15.7 Å². The number of β-amino-alcohol motifs (C(OH)–C–C–N with tert-alkyl or cyclic N) is 1. The van der Waals surface area contributed by atoms with E-state index in [9.17, 15) is 9.90 Å². The number of nitrogens with zero attached hydrogens (tertiary/aromatic N) is 2. The molecule has 2 heterocycles. The predicted molar refractivity (Wildman–Crippen MR) is 72.1 cm³/mol. The van der Waals surface area contributed by atoms with E-state index in [-0.39, 0.29) is 11.7 Å². The molecule has 1 fully saturated rings. The predicted octanol–water partition coefficient (Wildman–Crippen LogP) is -0.0355. The second-order valence-corrected chi connectivity index (χ2v) is 4.77. The maximum absolute atomic E-state index is 12.0. The molecule has 1 aromatic carbocycles. The number of benzene rings is 1. The summed E-state index contributed by atoms with van der Waals surface area (Å²) >= 11 is 0. The van der Waals surface area contributed by atoms with Gasteiger partial charge in [0.25, 0.3) is 0 Å². The van der Waals surface area contributed by atoms with Crippen molar-refractivity contribution < 1.29 is 9.84 Å². The summed E-state index contributed by atoms with van der Waals surface area (Å²) in [6, 6.07) is 7.03. The Kier molecular flexibility index (Phi) is 3.29. The minimum Gasteiger partial charge on any atom is -0.497 e. The fraction of sp³-hybridized carbons (Fsp3) is 0.385. The Hall–Kier alpha value is -2.12. The van der Waals surface area contributed by atoms with Crippen LogP contribution in [0.4, 0.5) is 0 Å². The van der Waals surface area contributed by atoms with Gasteiger partial charge in [0, 0.05) is 6.54 Å². The van der Waals surface area contributed by atoms with Crippen molar-refractivity contribution in [3.8, 4) is 11.4 Å². The molecule has 0 radical (unpaired) electrons. The highest BCUT2D eigenvalue weighted by Gasteiger charge is 2.28. The van der Waals surface area contributed by atoms with Gasteiger partial charge in [-0.3, -0.25) is 0 Å². The number of methoxy groups -OCH3 is 1. The first-order valence-electron chi connectivity index (χ1n) is 6.42. The van der Waals surface area contributed by atoms with Gasteiger partial charge in [-0.1, -0.05) is 0 Å². The van der Waals surface area contributed by atoms with Crippen LogP contribution in [-0.2, 0) is 0 Å². The van der Waals surface area contributed by atoms with E-state index in [0.29, 0.717) is 24.5 Å². The molecule has 0 unspecified atom stereocenters. The molecule has 3 N–H and O–H groups in total. The molecule has 0 saturated carbocycles. The molecule has 0 bridgehead atoms. The average Bonchev–Trinajstić information content (AvgIpc) is 3.05. The molecule has 7 nitrogen and oxygen atoms in total. The summed E-state index contributed by atoms with van der Waals surface area (Å²) in [6.07, 6.45) is 0.136. The van der Waals surface area contributed by atoms with Crippen LogP contribution in [0.5, 0.6) is 5.75 Å². The Morgan fingerprint density at radius 3 is 2.75 bits per heavy atom. The third-order valence-corrected chi connectivity index (χ3v) is 3.45. The quantitative estimate of drug-likeness (QED) is 0.732. The summed E-state index contributed by atoms with van der Waals surface area (Å²) in [5.74, 6) is 1.30. The smallest absolute Gasteiger partial charge is 0.347 e. The molecule has 1 aliphatic rings. The number of rotatable bonds is 3. The van der Waals surface area contributed by atoms with Crippen LogP contribution in [0.2, 0.25) is 0 Å². The standard InChI is InChI=1S/C13H16N4O3/c1-20-10-4-2-8(3-5-10)17-12(15-16-13(17)19)11-6-9(18)7-14-11/h2-5,9,11,14,18H,6-7H2,1H3,(H,16,19)/t9-,11+/m1/s1. The zero-order valence-electron chi connectivity index (χ0n) is 11.0. The number of aliphatic hydroxyl groups excluding tert-OH is 1. The van der Waals surface area contributed by atoms with Crippen LogP contribution in [0.25, 0.3) is 5.69 Å². The highest BCUT2D eigenvalue weighted by molar-refractivity contribution is 5.38. The normalized spacial score (nSPS) is 22.1. The topological polar surface area (TPSA) is 92.2 Å². The number of nitrogens with one attached hydrogen (secondary N) is 2. The van der Waals surface area contributed by atoms with Gasteiger partial charge in [-0.15, -0.1) is 0 Å². The minimum atomic E-state index is -0.406. The van der Waals surface area contributed by atoms with Crippen molar-refractivity contribution in [1.82, 2.24) is 20.1 Å². The number of H-pyrrole nitrogens is 1. The van der Waals surface area contributed by atoms with E-state index < -0.39 is 6.10 Å². The maximum Gasteiger partial charge on any atom is 0.347 e. The van der Waals surface area contributed by atoms with Gasteiger partial charge >= 0.3 is 5.69 Å². The molecule has 7 heteroatoms. The zero-order chi connectivity index (χ0) is 14.1. The molecule has 0 spiro atoms. The molecule has 3 rings (SSSR count). The summed E-state index contributed by atoms with van der Waals surface area (Å²) in [4.78, 5) is 12.0. The molecule has 1 aliphatic heterocycles. The Morgan fingerprint density at radius 1 is 1.40 bits per heavy atom. The lowest BCUT2D eigenvalue weighted by atomic mass is 10.2. The number of aliphatic hydroxyl groups is 1. The van der Waals surface area contributed by atoms with E-state index in [1.165, 1.54) is 4.57 Å². The number of aromatic nitrogens is 3. The third kappa shape index (κ3) is 2.21. The molecule has 1 saturated heterocycles. The number of ether oxygens (including phenoxy) is 1. The first-order chi connectivity index (χ1) is 9.69. The first-order valence-corrected chi connectivity index (χ1v) is 6.42. The van der Waals surface area contributed by atoms with Gasteiger partial charge in [0.15, 0.2) is 5.82 Å². The fourth-order valence-corrected chi connectivity index (χ4v) is 2.44. The van der Waals surface area contributed by atoms with Crippen molar-refractivity contribution in [3.63, 3.8) is 0 Å². The van der Waals surface area contributed by atoms with Crippen molar-refractivity contribution in [2.24, 2.45) is 0 Å². The van der Waals surface area contributed by atoms with Gasteiger partial charge in [-0.05, 0) is 30.7 Å². The van der Waals surface area contributed by atoms with Gasteiger partial charge in [-0.2, -0.15) is 5.10 Å². The van der Waals surface area contributed by atoms with Crippen LogP contribution >= 0.6 is 0 Å². The highest BCUT2D eigenvalue weighted by Crippen LogP contribution is 2.23. The lowest BCUT2D eigenvalue weighted by Gasteiger charge is -2.11. The Morgan fingerprint density at radius 2 is 2.15 bits per heavy atom. The average molecular weight is 276 g/mol. The number of hydrogen-bond donors (Lipinski definition) is 3. The summed E-state index contributed by atoms with van der Waals surface area (Å²) in [6.45, 7) is 0.508. The fourth-order valence-electron chi connectivity index (χ4n) is 2.44. The Bertz CT molecular complexity index is 646. The van der Waals surface area contributed by atoms with Gasteiger partial charge in [0.2, 0.25) is 0 Å². The van der Waals surface area contributed by atoms with Gasteiger partial charge in [0.05, 0.1) is 24.9 Å². The van der Waals surface area contributed by atoms with Crippen LogP contribution in [0.3, 0.4) is 0 Å². The van der Waals surface area contributed by atoms with Crippen LogP contribution in [0, 0.1) is 0 Å². The monoisotopic (exact) mass is 276 g/mol. The van der Waals surface area contributed by atoms with Gasteiger partial charge in [0.1, 0.15) is 5.75 Å². The van der Waals surface area contributed by atoms with E-state index in [1.54, 1.807) is 31.4 Å². The largest absolute Gasteiger partial charge is 0.497 e. The molecular weight excluding hydrogens is 260 g/mol. The van der Waals surface area contributed by atoms with Crippen molar-refractivity contribution in [3.05, 3.63) is 40.6 Å². The van der Waals surface area contributed by atoms with E-state index in [1.807, 2.05) is 0 Å². The molecule has 20 heavy (non-hydrogen) atoms. The first kappa shape index (κ1) is 12.9. The van der Waals surface area contributed by atoms with Crippen molar-refractivity contribution in [2.75, 3.05) is 13.7 Å². The minimum absolute atomic E-state index is 0.133.